The van der Waals surface area contributed by atoms with Gasteiger partial charge in [0, 0.05) is 8.95 Å². The highest BCUT2D eigenvalue weighted by molar-refractivity contribution is 9.10. The molecule has 4 aromatic carbocycles. The van der Waals surface area contributed by atoms with Crippen LogP contribution in [-0.4, -0.2) is 0 Å². The average molecular weight is 488 g/mol. The first-order valence-corrected chi connectivity index (χ1v) is 10.8. The van der Waals surface area contributed by atoms with Crippen LogP contribution >= 0.6 is 31.9 Å². The Balaban J connectivity index is 1.90. The van der Waals surface area contributed by atoms with Gasteiger partial charge in [-0.3, -0.25) is 0 Å². The van der Waals surface area contributed by atoms with Crippen molar-refractivity contribution in [2.24, 2.45) is 0 Å². The predicted octanol–water partition coefficient (Wildman–Crippen LogP) is 8.20. The summed E-state index contributed by atoms with van der Waals surface area (Å²) >= 11 is 7.15. The van der Waals surface area contributed by atoms with Gasteiger partial charge in [0.25, 0.3) is 0 Å². The lowest BCUT2D eigenvalue weighted by atomic mass is 9.88. The van der Waals surface area contributed by atoms with Gasteiger partial charge in [-0.05, 0) is 68.8 Å². The fraction of sp³-hybridized carbons (Fsp3) is 0. The van der Waals surface area contributed by atoms with Crippen LogP contribution in [0.2, 0.25) is 0 Å². The zero-order valence-electron chi connectivity index (χ0n) is 15.0. The summed E-state index contributed by atoms with van der Waals surface area (Å²) in [5.74, 6) is 0. The van der Waals surface area contributed by atoms with Crippen molar-refractivity contribution in [2.75, 3.05) is 0 Å². The van der Waals surface area contributed by atoms with E-state index in [4.69, 9.17) is 0 Å². The molecule has 0 nitrogen and oxygen atoms in total. The fourth-order valence-electron chi connectivity index (χ4n) is 3.97. The van der Waals surface area contributed by atoms with Crippen molar-refractivity contribution in [3.05, 3.63) is 128 Å². The van der Waals surface area contributed by atoms with E-state index in [1.54, 1.807) is 0 Å². The molecule has 0 N–H and O–H groups in total. The lowest BCUT2D eigenvalue weighted by Gasteiger charge is -2.15. The van der Waals surface area contributed by atoms with E-state index >= 15 is 0 Å². The van der Waals surface area contributed by atoms with Gasteiger partial charge >= 0.3 is 0 Å². The van der Waals surface area contributed by atoms with E-state index in [1.807, 2.05) is 0 Å². The molecule has 0 radical (unpaired) electrons. The molecular weight excluding hydrogens is 472 g/mol. The van der Waals surface area contributed by atoms with Crippen LogP contribution in [-0.2, 0) is 0 Å². The molecule has 4 aromatic rings. The van der Waals surface area contributed by atoms with Crippen molar-refractivity contribution in [3.63, 3.8) is 0 Å². The van der Waals surface area contributed by atoms with E-state index in [0.717, 1.165) is 8.95 Å². The SMILES string of the molecule is Brc1ccc(C(=C2c3ccccc3-c3ccccc32)c2ccc(Br)cc2)cc1. The third-order valence-electron chi connectivity index (χ3n) is 5.20. The van der Waals surface area contributed by atoms with Crippen molar-refractivity contribution >= 4 is 43.0 Å². The Morgan fingerprint density at radius 1 is 0.429 bits per heavy atom. The number of halogens is 2. The largest absolute Gasteiger partial charge is 0.0616 e. The molecule has 2 heteroatoms. The van der Waals surface area contributed by atoms with Crippen molar-refractivity contribution in [3.8, 4) is 11.1 Å². The van der Waals surface area contributed by atoms with Crippen molar-refractivity contribution < 1.29 is 0 Å². The van der Waals surface area contributed by atoms with Gasteiger partial charge in [0.1, 0.15) is 0 Å². The first-order chi connectivity index (χ1) is 13.7. The van der Waals surface area contributed by atoms with Gasteiger partial charge in [-0.15, -0.1) is 0 Å². The number of hydrogen-bond donors (Lipinski definition) is 0. The standard InChI is InChI=1S/C26H16Br2/c27-19-13-9-17(10-14-19)25(18-11-15-20(28)16-12-18)26-23-7-3-1-5-21(23)22-6-2-4-8-24(22)26/h1-16H. The van der Waals surface area contributed by atoms with Crippen LogP contribution in [0.25, 0.3) is 22.3 Å². The van der Waals surface area contributed by atoms with E-state index in [0.29, 0.717) is 0 Å². The van der Waals surface area contributed by atoms with Gasteiger partial charge in [0.2, 0.25) is 0 Å². The third-order valence-corrected chi connectivity index (χ3v) is 6.26. The highest BCUT2D eigenvalue weighted by Crippen LogP contribution is 2.48. The van der Waals surface area contributed by atoms with Crippen LogP contribution in [0.1, 0.15) is 22.3 Å². The maximum Gasteiger partial charge on any atom is 0.0175 e. The highest BCUT2D eigenvalue weighted by atomic mass is 79.9. The monoisotopic (exact) mass is 486 g/mol. The van der Waals surface area contributed by atoms with Crippen LogP contribution in [0.15, 0.2) is 106 Å². The topological polar surface area (TPSA) is 0 Å². The Labute approximate surface area is 181 Å². The first kappa shape index (κ1) is 17.7. The number of hydrogen-bond acceptors (Lipinski definition) is 0. The number of benzene rings is 4. The van der Waals surface area contributed by atoms with Gasteiger partial charge in [-0.25, -0.2) is 0 Å². The van der Waals surface area contributed by atoms with Crippen LogP contribution in [0, 0.1) is 0 Å². The molecule has 134 valence electrons. The van der Waals surface area contributed by atoms with Crippen LogP contribution in [0.5, 0.6) is 0 Å². The first-order valence-electron chi connectivity index (χ1n) is 9.18. The number of rotatable bonds is 2. The van der Waals surface area contributed by atoms with E-state index in [9.17, 15) is 0 Å². The molecule has 0 spiro atoms. The Morgan fingerprint density at radius 2 is 0.786 bits per heavy atom. The minimum absolute atomic E-state index is 1.09. The Morgan fingerprint density at radius 3 is 1.18 bits per heavy atom. The minimum Gasteiger partial charge on any atom is -0.0616 e. The molecule has 0 aliphatic heterocycles. The maximum absolute atomic E-state index is 3.57. The summed E-state index contributed by atoms with van der Waals surface area (Å²) in [5, 5.41) is 0. The van der Waals surface area contributed by atoms with Crippen molar-refractivity contribution in [2.45, 2.75) is 0 Å². The second-order valence-electron chi connectivity index (χ2n) is 6.85. The second-order valence-corrected chi connectivity index (χ2v) is 8.69. The summed E-state index contributed by atoms with van der Waals surface area (Å²) in [4.78, 5) is 0. The van der Waals surface area contributed by atoms with E-state index in [2.05, 4.69) is 129 Å². The highest BCUT2D eigenvalue weighted by Gasteiger charge is 2.26. The summed E-state index contributed by atoms with van der Waals surface area (Å²) in [5.41, 5.74) is 10.2. The molecule has 0 saturated heterocycles. The Kier molecular flexibility index (Phi) is 4.54. The number of fused-ring (bicyclic) bond motifs is 3. The molecule has 0 atom stereocenters. The molecule has 0 heterocycles. The molecule has 0 saturated carbocycles. The van der Waals surface area contributed by atoms with E-state index in [1.165, 1.54) is 44.5 Å². The fourth-order valence-corrected chi connectivity index (χ4v) is 4.50. The van der Waals surface area contributed by atoms with Gasteiger partial charge in [0.05, 0.1) is 0 Å². The molecule has 0 amide bonds. The molecule has 1 aliphatic rings. The van der Waals surface area contributed by atoms with Crippen LogP contribution < -0.4 is 0 Å². The maximum atomic E-state index is 3.57. The molecule has 0 fully saturated rings. The lowest BCUT2D eigenvalue weighted by Crippen LogP contribution is -1.94. The molecule has 0 unspecified atom stereocenters. The molecular formula is C26H16Br2. The zero-order valence-corrected chi connectivity index (χ0v) is 18.2. The molecule has 5 rings (SSSR count). The quantitative estimate of drug-likeness (QED) is 0.235. The van der Waals surface area contributed by atoms with Gasteiger partial charge in [-0.2, -0.15) is 0 Å². The smallest absolute Gasteiger partial charge is 0.0175 e. The van der Waals surface area contributed by atoms with Crippen LogP contribution in [0.3, 0.4) is 0 Å². The van der Waals surface area contributed by atoms with Crippen LogP contribution in [0.4, 0.5) is 0 Å². The average Bonchev–Trinajstić information content (AvgIpc) is 3.06. The van der Waals surface area contributed by atoms with E-state index in [-0.39, 0.29) is 0 Å². The summed E-state index contributed by atoms with van der Waals surface area (Å²) in [7, 11) is 0. The summed E-state index contributed by atoms with van der Waals surface area (Å²) in [6, 6.07) is 34.7. The Hall–Kier alpha value is -2.42. The molecule has 28 heavy (non-hydrogen) atoms. The molecule has 1 aliphatic carbocycles. The predicted molar refractivity (Wildman–Crippen MR) is 125 cm³/mol. The van der Waals surface area contributed by atoms with Gasteiger partial charge < -0.3 is 0 Å². The van der Waals surface area contributed by atoms with Gasteiger partial charge in [0.15, 0.2) is 0 Å². The normalized spacial score (nSPS) is 11.9. The molecule has 0 aromatic heterocycles. The molecule has 0 bridgehead atoms. The third kappa shape index (κ3) is 2.97. The summed E-state index contributed by atoms with van der Waals surface area (Å²) < 4.78 is 2.17. The minimum atomic E-state index is 1.09. The van der Waals surface area contributed by atoms with E-state index < -0.39 is 0 Å². The summed E-state index contributed by atoms with van der Waals surface area (Å²) in [6.07, 6.45) is 0. The second kappa shape index (κ2) is 7.20. The van der Waals surface area contributed by atoms with Crippen molar-refractivity contribution in [1.82, 2.24) is 0 Å². The van der Waals surface area contributed by atoms with Gasteiger partial charge in [-0.1, -0.05) is 105 Å². The zero-order chi connectivity index (χ0) is 19.1. The Bertz CT molecular complexity index is 1100. The lowest BCUT2D eigenvalue weighted by molar-refractivity contribution is 1.51. The summed E-state index contributed by atoms with van der Waals surface area (Å²) in [6.45, 7) is 0. The van der Waals surface area contributed by atoms with Crippen molar-refractivity contribution in [1.29, 1.82) is 0 Å².